The Balaban J connectivity index is 1.17. The van der Waals surface area contributed by atoms with Crippen LogP contribution in [0.4, 0.5) is 11.4 Å². The van der Waals surface area contributed by atoms with E-state index < -0.39 is 0 Å². The first-order valence-corrected chi connectivity index (χ1v) is 24.5. The number of aromatic nitrogens is 1. The predicted molar refractivity (Wildman–Crippen MR) is 282 cm³/mol. The molecule has 0 radical (unpaired) electrons. The van der Waals surface area contributed by atoms with Crippen LogP contribution in [0.15, 0.2) is 114 Å². The van der Waals surface area contributed by atoms with Crippen molar-refractivity contribution in [2.24, 2.45) is 0 Å². The highest BCUT2D eigenvalue weighted by Gasteiger charge is 2.48. The zero-order chi connectivity index (χ0) is 45.9. The number of rotatable bonds is 1. The van der Waals surface area contributed by atoms with E-state index in [1.165, 1.54) is 129 Å². The molecule has 0 unspecified atom stereocenters. The van der Waals surface area contributed by atoms with E-state index in [2.05, 4.69) is 209 Å². The molecule has 0 spiro atoms. The molecule has 7 aromatic carbocycles. The maximum atomic E-state index is 6.64. The van der Waals surface area contributed by atoms with Crippen molar-refractivity contribution in [1.29, 1.82) is 0 Å². The lowest BCUT2D eigenvalue weighted by Gasteiger charge is -2.43. The summed E-state index contributed by atoms with van der Waals surface area (Å²) in [6.45, 7) is 31.1. The largest absolute Gasteiger partial charge is 0.456 e. The third-order valence-corrected chi connectivity index (χ3v) is 17.1. The van der Waals surface area contributed by atoms with E-state index in [0.717, 1.165) is 16.6 Å². The summed E-state index contributed by atoms with van der Waals surface area (Å²) in [7, 11) is 0. The monoisotopic (exact) mass is 860 g/mol. The van der Waals surface area contributed by atoms with Gasteiger partial charge < -0.3 is 13.8 Å². The third kappa shape index (κ3) is 5.17. The molecule has 66 heavy (non-hydrogen) atoms. The molecule has 13 rings (SSSR count). The lowest BCUT2D eigenvalue weighted by molar-refractivity contribution is 0.331. The number of aryl methyl sites for hydroxylation is 1. The zero-order valence-corrected chi connectivity index (χ0v) is 41.2. The van der Waals surface area contributed by atoms with Gasteiger partial charge in [0.25, 0.3) is 0 Å². The molecule has 2 aliphatic heterocycles. The normalized spacial score (nSPS) is 17.3. The highest BCUT2D eigenvalue weighted by atomic mass is 16.3. The van der Waals surface area contributed by atoms with Gasteiger partial charge in [-0.2, -0.15) is 0 Å². The van der Waals surface area contributed by atoms with Gasteiger partial charge in [0.1, 0.15) is 11.2 Å². The van der Waals surface area contributed by atoms with Crippen molar-refractivity contribution in [3.8, 4) is 27.9 Å². The summed E-state index contributed by atoms with van der Waals surface area (Å²) in [5.74, 6) is 0. The number of hydrogen-bond donors (Lipinski definition) is 0. The van der Waals surface area contributed by atoms with Crippen molar-refractivity contribution in [3.63, 3.8) is 0 Å². The molecule has 0 saturated heterocycles. The molecule has 4 heterocycles. The topological polar surface area (TPSA) is 21.3 Å². The van der Waals surface area contributed by atoms with Gasteiger partial charge in [0.2, 0.25) is 0 Å². The minimum atomic E-state index is -0.168. The molecule has 2 aromatic heterocycles. The van der Waals surface area contributed by atoms with Crippen LogP contribution in [0.5, 0.6) is 0 Å². The molecular formula is C62H61BN2O. The molecule has 0 bridgehead atoms. The molecule has 328 valence electrons. The molecule has 9 aromatic rings. The van der Waals surface area contributed by atoms with Crippen molar-refractivity contribution in [2.45, 2.75) is 130 Å². The number of anilines is 2. The smallest absolute Gasteiger partial charge is 0.333 e. The maximum Gasteiger partial charge on any atom is 0.333 e. The van der Waals surface area contributed by atoms with E-state index in [4.69, 9.17) is 4.42 Å². The van der Waals surface area contributed by atoms with Gasteiger partial charge in [0.15, 0.2) is 0 Å². The van der Waals surface area contributed by atoms with E-state index in [9.17, 15) is 0 Å². The Morgan fingerprint density at radius 2 is 1.18 bits per heavy atom. The van der Waals surface area contributed by atoms with Crippen molar-refractivity contribution in [3.05, 3.63) is 148 Å². The van der Waals surface area contributed by atoms with Crippen molar-refractivity contribution in [1.82, 2.24) is 4.57 Å². The van der Waals surface area contributed by atoms with Gasteiger partial charge in [-0.25, -0.2) is 0 Å². The molecule has 0 N–H and O–H groups in total. The van der Waals surface area contributed by atoms with Gasteiger partial charge in [-0.05, 0) is 157 Å². The number of para-hydroxylation sites is 1. The van der Waals surface area contributed by atoms with Crippen molar-refractivity contribution >= 4 is 72.9 Å². The van der Waals surface area contributed by atoms with Crippen LogP contribution in [0.25, 0.3) is 71.7 Å². The van der Waals surface area contributed by atoms with Crippen LogP contribution in [-0.4, -0.2) is 11.4 Å². The summed E-state index contributed by atoms with van der Waals surface area (Å²) in [5.41, 5.74) is 26.4. The van der Waals surface area contributed by atoms with Gasteiger partial charge >= 0.3 is 6.85 Å². The van der Waals surface area contributed by atoms with Crippen LogP contribution in [-0.2, 0) is 27.1 Å². The van der Waals surface area contributed by atoms with Gasteiger partial charge in [-0.3, -0.25) is 0 Å². The van der Waals surface area contributed by atoms with Crippen molar-refractivity contribution < 1.29 is 4.42 Å². The molecule has 4 aliphatic rings. The highest BCUT2D eigenvalue weighted by Crippen LogP contribution is 2.58. The van der Waals surface area contributed by atoms with Crippen LogP contribution in [0.2, 0.25) is 0 Å². The van der Waals surface area contributed by atoms with Crippen LogP contribution in [0, 0.1) is 6.92 Å². The lowest BCUT2D eigenvalue weighted by Crippen LogP contribution is -2.60. The van der Waals surface area contributed by atoms with Crippen LogP contribution >= 0.6 is 0 Å². The second-order valence-corrected chi connectivity index (χ2v) is 24.5. The molecule has 0 atom stereocenters. The fraction of sp³-hybridized carbons (Fsp3) is 0.323. The standard InChI is InChI=1S/C62H61BN2O/c1-34-26-43-41-30-45-40(39-29-47-48(32-46(39)62(45,12)13)61(10,11)25-24-60(47,8)9)31-52(41)65(37-21-18-35(19-22-37)58(2,3)4)63-49-27-36(59(5,6)7)20-23-50(49)64-51-33-54-42(38-16-14-15-17-53(38)66-54)28-44(51)55(34)57(64)56(43)63/h14-23,26-33H,24-25H2,1-13H3. The summed E-state index contributed by atoms with van der Waals surface area (Å²) >= 11 is 0. The quantitative estimate of drug-likeness (QED) is 0.153. The van der Waals surface area contributed by atoms with E-state index >= 15 is 0 Å². The fourth-order valence-electron chi connectivity index (χ4n) is 13.1. The summed E-state index contributed by atoms with van der Waals surface area (Å²) in [6.07, 6.45) is 2.41. The minimum Gasteiger partial charge on any atom is -0.456 e. The van der Waals surface area contributed by atoms with E-state index in [1.807, 2.05) is 0 Å². The second kappa shape index (κ2) is 12.5. The number of nitrogens with zero attached hydrogens (tertiary/aromatic N) is 2. The average molecular weight is 861 g/mol. The molecular weight excluding hydrogens is 800 g/mol. The average Bonchev–Trinajstić information content (AvgIpc) is 3.87. The van der Waals surface area contributed by atoms with Gasteiger partial charge in [0, 0.05) is 55.7 Å². The molecule has 2 aliphatic carbocycles. The summed E-state index contributed by atoms with van der Waals surface area (Å²) < 4.78 is 9.25. The Morgan fingerprint density at radius 3 is 1.89 bits per heavy atom. The fourth-order valence-corrected chi connectivity index (χ4v) is 13.1. The Labute approximate surface area is 390 Å². The van der Waals surface area contributed by atoms with Crippen LogP contribution in [0.3, 0.4) is 0 Å². The van der Waals surface area contributed by atoms with E-state index in [1.54, 1.807) is 0 Å². The lowest BCUT2D eigenvalue weighted by atomic mass is 9.43. The Hall–Kier alpha value is -6.00. The Bertz CT molecular complexity index is 3650. The molecule has 3 nitrogen and oxygen atoms in total. The number of hydrogen-bond acceptors (Lipinski definition) is 2. The first-order valence-electron chi connectivity index (χ1n) is 24.5. The molecule has 4 heteroatoms. The molecule has 0 saturated carbocycles. The number of fused-ring (bicyclic) bond motifs is 15. The zero-order valence-electron chi connectivity index (χ0n) is 41.2. The molecule has 0 fully saturated rings. The molecule has 0 amide bonds. The maximum absolute atomic E-state index is 6.64. The number of furan rings is 1. The number of benzene rings is 7. The third-order valence-electron chi connectivity index (χ3n) is 17.1. The predicted octanol–water partition coefficient (Wildman–Crippen LogP) is 15.5. The second-order valence-electron chi connectivity index (χ2n) is 24.5. The summed E-state index contributed by atoms with van der Waals surface area (Å²) in [6, 6.07) is 43.2. The van der Waals surface area contributed by atoms with Gasteiger partial charge in [-0.1, -0.05) is 138 Å². The van der Waals surface area contributed by atoms with Gasteiger partial charge in [0.05, 0.1) is 11.0 Å². The first kappa shape index (κ1) is 40.3. The van der Waals surface area contributed by atoms with E-state index in [-0.39, 0.29) is 33.9 Å². The summed E-state index contributed by atoms with van der Waals surface area (Å²) in [5, 5.41) is 4.95. The van der Waals surface area contributed by atoms with Crippen molar-refractivity contribution in [2.75, 3.05) is 4.81 Å². The highest BCUT2D eigenvalue weighted by molar-refractivity contribution is 6.93. The first-order chi connectivity index (χ1) is 31.1. The SMILES string of the molecule is Cc1cc2c3c4c1c1cc5c(cc1n4-c1ccc(C(C)(C)C)cc1B3N(c1ccc(C(C)(C)C)cc1)c1cc3c(cc1-2)C(C)(C)c1cc2c(cc1-3)C(C)(C)CCC2(C)C)oc1ccccc15. The van der Waals surface area contributed by atoms with Crippen LogP contribution < -0.4 is 15.7 Å². The summed E-state index contributed by atoms with van der Waals surface area (Å²) in [4.78, 5) is 2.74. The van der Waals surface area contributed by atoms with E-state index in [0.29, 0.717) is 0 Å². The van der Waals surface area contributed by atoms with Crippen LogP contribution in [0.1, 0.15) is 135 Å². The minimum absolute atomic E-state index is 0.0384. The van der Waals surface area contributed by atoms with Gasteiger partial charge in [-0.15, -0.1) is 0 Å². The Kier molecular flexibility index (Phi) is 7.63. The Morgan fingerprint density at radius 1 is 0.545 bits per heavy atom.